The van der Waals surface area contributed by atoms with Crippen molar-refractivity contribution in [3.05, 3.63) is 192 Å². The summed E-state index contributed by atoms with van der Waals surface area (Å²) in [4.78, 5) is 22.0. The predicted molar refractivity (Wildman–Crippen MR) is 205 cm³/mol. The largest absolute Gasteiger partial charge is 0.311 e. The summed E-state index contributed by atoms with van der Waals surface area (Å²) in [6, 6.07) is 53.0. The molecule has 0 atom stereocenters. The maximum atomic E-state index is 10.9. The van der Waals surface area contributed by atoms with E-state index in [1.54, 1.807) is 24.3 Å². The fourth-order valence-electron chi connectivity index (χ4n) is 4.68. The van der Waals surface area contributed by atoms with Crippen LogP contribution in [0.2, 0.25) is 0 Å². The number of nitrogens with zero attached hydrogens (tertiary/aromatic N) is 4. The van der Waals surface area contributed by atoms with Crippen LogP contribution < -0.4 is 9.80 Å². The van der Waals surface area contributed by atoms with Gasteiger partial charge in [-0.3, -0.25) is 4.79 Å². The lowest BCUT2D eigenvalue weighted by molar-refractivity contribution is 0.112. The van der Waals surface area contributed by atoms with Crippen molar-refractivity contribution in [1.82, 2.24) is 0 Å². The molecule has 0 fully saturated rings. The molecule has 0 unspecified atom stereocenters. The summed E-state index contributed by atoms with van der Waals surface area (Å²) in [6.45, 7) is 22.9. The van der Waals surface area contributed by atoms with Gasteiger partial charge in [0.1, 0.15) is 6.29 Å². The van der Waals surface area contributed by atoms with Gasteiger partial charge in [-0.15, -0.1) is 0 Å². The highest BCUT2D eigenvalue weighted by atomic mass is 16.1. The fourth-order valence-corrected chi connectivity index (χ4v) is 4.68. The first-order valence-corrected chi connectivity index (χ1v) is 16.0. The second-order valence-electron chi connectivity index (χ2n) is 12.6. The van der Waals surface area contributed by atoms with E-state index in [9.17, 15) is 4.79 Å². The van der Waals surface area contributed by atoms with Gasteiger partial charge < -0.3 is 9.80 Å². The molecular weight excluding hydrogens is 601 g/mol. The Bertz CT molecular complexity index is 1910. The Morgan fingerprint density at radius 2 is 0.673 bits per heavy atom. The fraction of sp³-hybridized carbons (Fsp3) is 0.114. The molecular formula is C44H40N4O. The predicted octanol–water partition coefficient (Wildman–Crippen LogP) is 13.3. The lowest BCUT2D eigenvalue weighted by Gasteiger charge is -2.25. The Labute approximate surface area is 291 Å². The maximum absolute atomic E-state index is 10.9. The van der Waals surface area contributed by atoms with Gasteiger partial charge in [-0.05, 0) is 90.3 Å². The summed E-state index contributed by atoms with van der Waals surface area (Å²) in [5, 5.41) is 0. The highest BCUT2D eigenvalue weighted by molar-refractivity contribution is 5.81. The van der Waals surface area contributed by atoms with E-state index < -0.39 is 0 Å². The van der Waals surface area contributed by atoms with Gasteiger partial charge in [0.15, 0.2) is 11.4 Å². The van der Waals surface area contributed by atoms with E-state index in [0.717, 1.165) is 40.4 Å². The van der Waals surface area contributed by atoms with Gasteiger partial charge in [0.05, 0.1) is 13.1 Å². The van der Waals surface area contributed by atoms with Crippen molar-refractivity contribution in [2.45, 2.75) is 27.7 Å². The Balaban J connectivity index is 0.000000195. The molecule has 0 amide bonds. The molecule has 0 radical (unpaired) electrons. The van der Waals surface area contributed by atoms with Gasteiger partial charge >= 0.3 is 0 Å². The summed E-state index contributed by atoms with van der Waals surface area (Å²) in [5.41, 5.74) is 8.57. The van der Waals surface area contributed by atoms with Crippen LogP contribution in [0.1, 0.15) is 38.1 Å². The minimum absolute atomic E-state index is 0.500. The summed E-state index contributed by atoms with van der Waals surface area (Å²) < 4.78 is 0. The first-order valence-electron chi connectivity index (χ1n) is 16.0. The first-order chi connectivity index (χ1) is 23.7. The third kappa shape index (κ3) is 10.8. The molecule has 0 aliphatic carbocycles. The summed E-state index contributed by atoms with van der Waals surface area (Å²) in [6.07, 6.45) is 0.835. The van der Waals surface area contributed by atoms with Crippen molar-refractivity contribution in [2.75, 3.05) is 9.80 Å². The smallest absolute Gasteiger partial charge is 0.187 e. The molecule has 6 aromatic rings. The maximum Gasteiger partial charge on any atom is 0.187 e. The third-order valence-corrected chi connectivity index (χ3v) is 6.80. The van der Waals surface area contributed by atoms with Gasteiger partial charge in [-0.2, -0.15) is 0 Å². The average molecular weight is 641 g/mol. The van der Waals surface area contributed by atoms with Crippen LogP contribution in [0.4, 0.5) is 45.5 Å². The standard InChI is InChI=1S/C20H14N2O.C19H14N2.C5H12/c1-21-17-9-13-20(14-10-17)22(18-5-3-2-4-6-18)19-11-7-16(15-23)8-12-19;1-20-16-12-14-19(15-13-16)21(17-8-4-2-5-9-17)18-10-6-3-7-11-18;1-5(2,3)4/h2-15H;2-15H;1-4H3. The van der Waals surface area contributed by atoms with Crippen molar-refractivity contribution < 1.29 is 4.79 Å². The lowest BCUT2D eigenvalue weighted by atomic mass is 10.0. The van der Waals surface area contributed by atoms with E-state index >= 15 is 0 Å². The van der Waals surface area contributed by atoms with E-state index in [4.69, 9.17) is 13.1 Å². The molecule has 242 valence electrons. The Hall–Kier alpha value is -6.43. The van der Waals surface area contributed by atoms with Crippen LogP contribution in [0.5, 0.6) is 0 Å². The van der Waals surface area contributed by atoms with E-state index in [1.807, 2.05) is 115 Å². The molecule has 0 aliphatic rings. The number of aldehydes is 1. The van der Waals surface area contributed by atoms with Crippen molar-refractivity contribution in [1.29, 1.82) is 0 Å². The van der Waals surface area contributed by atoms with Crippen LogP contribution in [-0.2, 0) is 0 Å². The molecule has 0 saturated carbocycles. The van der Waals surface area contributed by atoms with Crippen molar-refractivity contribution in [3.63, 3.8) is 0 Å². The van der Waals surface area contributed by atoms with Crippen LogP contribution in [0.15, 0.2) is 164 Å². The van der Waals surface area contributed by atoms with Crippen LogP contribution >= 0.6 is 0 Å². The van der Waals surface area contributed by atoms with Crippen LogP contribution in [0.3, 0.4) is 0 Å². The number of carbonyl (C=O) groups excluding carboxylic acids is 1. The van der Waals surface area contributed by atoms with Gasteiger partial charge in [0.25, 0.3) is 0 Å². The summed E-state index contributed by atoms with van der Waals surface area (Å²) >= 11 is 0. The molecule has 6 rings (SSSR count). The lowest BCUT2D eigenvalue weighted by Crippen LogP contribution is -2.09. The second-order valence-corrected chi connectivity index (χ2v) is 12.6. The average Bonchev–Trinajstić information content (AvgIpc) is 3.14. The number of anilines is 6. The molecule has 0 heterocycles. The second kappa shape index (κ2) is 17.5. The molecule has 0 bridgehead atoms. The molecule has 0 N–H and O–H groups in total. The van der Waals surface area contributed by atoms with Crippen molar-refractivity contribution in [2.24, 2.45) is 5.41 Å². The zero-order chi connectivity index (χ0) is 35.1. The highest BCUT2D eigenvalue weighted by Gasteiger charge is 2.13. The monoisotopic (exact) mass is 640 g/mol. The van der Waals surface area contributed by atoms with Crippen LogP contribution in [0, 0.1) is 18.6 Å². The zero-order valence-corrected chi connectivity index (χ0v) is 28.4. The Morgan fingerprint density at radius 3 is 0.918 bits per heavy atom. The minimum Gasteiger partial charge on any atom is -0.311 e. The molecule has 49 heavy (non-hydrogen) atoms. The molecule has 6 aromatic carbocycles. The Kier molecular flexibility index (Phi) is 12.6. The third-order valence-electron chi connectivity index (χ3n) is 6.80. The first kappa shape index (κ1) is 35.4. The van der Waals surface area contributed by atoms with Gasteiger partial charge in [0.2, 0.25) is 0 Å². The van der Waals surface area contributed by atoms with Gasteiger partial charge in [0, 0.05) is 39.7 Å². The number of benzene rings is 6. The molecule has 0 spiro atoms. The van der Waals surface area contributed by atoms with Crippen molar-refractivity contribution >= 4 is 51.8 Å². The number of hydrogen-bond acceptors (Lipinski definition) is 3. The van der Waals surface area contributed by atoms with Crippen LogP contribution in [-0.4, -0.2) is 6.29 Å². The number of carbonyl (C=O) groups is 1. The normalized spacial score (nSPS) is 10.1. The SMILES string of the molecule is CC(C)(C)C.[C-]#[N+]c1ccc(N(c2ccccc2)c2ccc(C=O)cc2)cc1.[C-]#[N+]c1ccc(N(c2ccccc2)c2ccccc2)cc1. The number of rotatable bonds is 7. The van der Waals surface area contributed by atoms with Gasteiger partial charge in [-0.25, -0.2) is 9.69 Å². The number of para-hydroxylation sites is 3. The topological polar surface area (TPSA) is 32.3 Å². The van der Waals surface area contributed by atoms with Crippen LogP contribution in [0.25, 0.3) is 9.69 Å². The molecule has 5 nitrogen and oxygen atoms in total. The summed E-state index contributed by atoms with van der Waals surface area (Å²) in [5.74, 6) is 0. The van der Waals surface area contributed by atoms with E-state index in [2.05, 4.69) is 71.5 Å². The quantitative estimate of drug-likeness (QED) is 0.129. The molecule has 5 heteroatoms. The molecule has 0 aliphatic heterocycles. The highest BCUT2D eigenvalue weighted by Crippen LogP contribution is 2.36. The Morgan fingerprint density at radius 1 is 0.429 bits per heavy atom. The summed E-state index contributed by atoms with van der Waals surface area (Å²) in [7, 11) is 0. The zero-order valence-electron chi connectivity index (χ0n) is 28.4. The van der Waals surface area contributed by atoms with Crippen molar-refractivity contribution in [3.8, 4) is 0 Å². The van der Waals surface area contributed by atoms with E-state index in [-0.39, 0.29) is 0 Å². The minimum atomic E-state index is 0.500. The van der Waals surface area contributed by atoms with E-state index in [0.29, 0.717) is 22.4 Å². The number of hydrogen-bond donors (Lipinski definition) is 0. The molecule has 0 aromatic heterocycles. The van der Waals surface area contributed by atoms with E-state index in [1.165, 1.54) is 0 Å². The van der Waals surface area contributed by atoms with Gasteiger partial charge in [-0.1, -0.05) is 107 Å². The molecule has 0 saturated heterocycles.